The van der Waals surface area contributed by atoms with E-state index in [-0.39, 0.29) is 6.10 Å². The van der Waals surface area contributed by atoms with Crippen LogP contribution >= 0.6 is 0 Å². The summed E-state index contributed by atoms with van der Waals surface area (Å²) in [5.74, 6) is -0.00696. The minimum atomic E-state index is -2.98. The standard InChI is InChI=1S/C12H18F2O2/c13-11(14)12(15)16-10-6-5-8-3-1-2-4-9(8)7-10/h8-11H,1-7H2. The van der Waals surface area contributed by atoms with E-state index in [1.54, 1.807) is 0 Å². The van der Waals surface area contributed by atoms with Crippen LogP contribution in [0.5, 0.6) is 0 Å². The minimum Gasteiger partial charge on any atom is -0.458 e. The summed E-state index contributed by atoms with van der Waals surface area (Å²) in [7, 11) is 0. The molecule has 2 nitrogen and oxygen atoms in total. The van der Waals surface area contributed by atoms with Gasteiger partial charge in [-0.1, -0.05) is 25.7 Å². The van der Waals surface area contributed by atoms with Crippen molar-refractivity contribution in [2.24, 2.45) is 11.8 Å². The molecule has 2 saturated carbocycles. The van der Waals surface area contributed by atoms with Gasteiger partial charge < -0.3 is 4.74 Å². The largest absolute Gasteiger partial charge is 0.458 e. The van der Waals surface area contributed by atoms with E-state index in [2.05, 4.69) is 0 Å². The van der Waals surface area contributed by atoms with Gasteiger partial charge in [0.2, 0.25) is 0 Å². The fourth-order valence-corrected chi connectivity index (χ4v) is 3.15. The second-order valence-corrected chi connectivity index (χ2v) is 4.98. The van der Waals surface area contributed by atoms with Gasteiger partial charge in [-0.25, -0.2) is 4.79 Å². The van der Waals surface area contributed by atoms with E-state index in [4.69, 9.17) is 4.74 Å². The van der Waals surface area contributed by atoms with Crippen molar-refractivity contribution in [3.05, 3.63) is 0 Å². The van der Waals surface area contributed by atoms with Gasteiger partial charge in [-0.2, -0.15) is 8.78 Å². The van der Waals surface area contributed by atoms with Gasteiger partial charge in [0.05, 0.1) is 0 Å². The molecule has 0 bridgehead atoms. The molecule has 0 aliphatic heterocycles. The van der Waals surface area contributed by atoms with E-state index in [0.717, 1.165) is 25.2 Å². The Morgan fingerprint density at radius 1 is 1.06 bits per heavy atom. The van der Waals surface area contributed by atoms with Gasteiger partial charge in [-0.15, -0.1) is 0 Å². The number of alkyl halides is 2. The summed E-state index contributed by atoms with van der Waals surface area (Å²) in [6.45, 7) is 0. The quantitative estimate of drug-likeness (QED) is 0.684. The molecule has 2 rings (SSSR count). The van der Waals surface area contributed by atoms with Crippen LogP contribution in [-0.4, -0.2) is 18.5 Å². The number of fused-ring (bicyclic) bond motifs is 1. The van der Waals surface area contributed by atoms with Gasteiger partial charge in [0.25, 0.3) is 0 Å². The van der Waals surface area contributed by atoms with Crippen LogP contribution in [0.2, 0.25) is 0 Å². The number of esters is 1. The minimum absolute atomic E-state index is 0.263. The third-order valence-corrected chi connectivity index (χ3v) is 3.95. The molecule has 3 atom stereocenters. The Hall–Kier alpha value is -0.670. The molecule has 0 radical (unpaired) electrons. The SMILES string of the molecule is O=C(OC1CCC2CCCCC2C1)C(F)F. The van der Waals surface area contributed by atoms with E-state index in [1.165, 1.54) is 25.7 Å². The number of halogens is 2. The van der Waals surface area contributed by atoms with Crippen LogP contribution in [0, 0.1) is 11.8 Å². The maximum atomic E-state index is 12.0. The number of hydrogen-bond acceptors (Lipinski definition) is 2. The van der Waals surface area contributed by atoms with Gasteiger partial charge in [-0.3, -0.25) is 0 Å². The van der Waals surface area contributed by atoms with Gasteiger partial charge in [0, 0.05) is 0 Å². The number of rotatable bonds is 2. The lowest BCUT2D eigenvalue weighted by Gasteiger charge is -2.38. The summed E-state index contributed by atoms with van der Waals surface area (Å²) < 4.78 is 28.9. The lowest BCUT2D eigenvalue weighted by atomic mass is 9.70. The summed E-state index contributed by atoms with van der Waals surface area (Å²) >= 11 is 0. The van der Waals surface area contributed by atoms with Crippen molar-refractivity contribution in [1.29, 1.82) is 0 Å². The molecule has 2 aliphatic carbocycles. The van der Waals surface area contributed by atoms with E-state index < -0.39 is 12.4 Å². The zero-order valence-electron chi connectivity index (χ0n) is 9.33. The molecule has 3 unspecified atom stereocenters. The molecule has 0 amide bonds. The van der Waals surface area contributed by atoms with Crippen LogP contribution in [-0.2, 0) is 9.53 Å². The van der Waals surface area contributed by atoms with Crippen molar-refractivity contribution in [3.8, 4) is 0 Å². The highest BCUT2D eigenvalue weighted by molar-refractivity contribution is 5.72. The Morgan fingerprint density at radius 3 is 2.44 bits per heavy atom. The molecule has 0 N–H and O–H groups in total. The second kappa shape index (κ2) is 5.11. The van der Waals surface area contributed by atoms with Crippen molar-refractivity contribution in [3.63, 3.8) is 0 Å². The van der Waals surface area contributed by atoms with Gasteiger partial charge in [0.1, 0.15) is 6.10 Å². The fraction of sp³-hybridized carbons (Fsp3) is 0.917. The highest BCUT2D eigenvalue weighted by Crippen LogP contribution is 2.41. The Balaban J connectivity index is 1.83. The number of carbonyl (C=O) groups excluding carboxylic acids is 1. The van der Waals surface area contributed by atoms with Crippen LogP contribution in [0.3, 0.4) is 0 Å². The third kappa shape index (κ3) is 2.71. The maximum absolute atomic E-state index is 12.0. The number of ether oxygens (including phenoxy) is 1. The summed E-state index contributed by atoms with van der Waals surface area (Å²) in [5.41, 5.74) is 0. The molecule has 4 heteroatoms. The summed E-state index contributed by atoms with van der Waals surface area (Å²) in [4.78, 5) is 10.8. The van der Waals surface area contributed by atoms with E-state index in [9.17, 15) is 13.6 Å². The second-order valence-electron chi connectivity index (χ2n) is 4.98. The number of hydrogen-bond donors (Lipinski definition) is 0. The lowest BCUT2D eigenvalue weighted by molar-refractivity contribution is -0.165. The van der Waals surface area contributed by atoms with Crippen molar-refractivity contribution in [2.45, 2.75) is 57.5 Å². The van der Waals surface area contributed by atoms with Crippen LogP contribution < -0.4 is 0 Å². The highest BCUT2D eigenvalue weighted by atomic mass is 19.3. The van der Waals surface area contributed by atoms with Crippen LogP contribution in [0.15, 0.2) is 0 Å². The monoisotopic (exact) mass is 232 g/mol. The molecule has 0 heterocycles. The van der Waals surface area contributed by atoms with Crippen molar-refractivity contribution in [2.75, 3.05) is 0 Å². The number of carbonyl (C=O) groups is 1. The first-order valence-corrected chi connectivity index (χ1v) is 6.15. The smallest absolute Gasteiger partial charge is 0.374 e. The molecule has 16 heavy (non-hydrogen) atoms. The van der Waals surface area contributed by atoms with Gasteiger partial charge >= 0.3 is 12.4 Å². The molecule has 0 aromatic rings. The van der Waals surface area contributed by atoms with E-state index in [0.29, 0.717) is 5.92 Å². The highest BCUT2D eigenvalue weighted by Gasteiger charge is 2.34. The van der Waals surface area contributed by atoms with E-state index >= 15 is 0 Å². The molecule has 2 fully saturated rings. The maximum Gasteiger partial charge on any atom is 0.374 e. The normalized spacial score (nSPS) is 34.6. The van der Waals surface area contributed by atoms with Crippen LogP contribution in [0.4, 0.5) is 8.78 Å². The van der Waals surface area contributed by atoms with Crippen molar-refractivity contribution in [1.82, 2.24) is 0 Å². The molecule has 0 aromatic carbocycles. The van der Waals surface area contributed by atoms with Crippen molar-refractivity contribution >= 4 is 5.97 Å². The summed E-state index contributed by atoms with van der Waals surface area (Å²) in [5, 5.41) is 0. The molecular weight excluding hydrogens is 214 g/mol. The zero-order chi connectivity index (χ0) is 11.5. The molecule has 92 valence electrons. The summed E-state index contributed by atoms with van der Waals surface area (Å²) in [6.07, 6.45) is 4.31. The molecule has 0 spiro atoms. The van der Waals surface area contributed by atoms with Crippen LogP contribution in [0.1, 0.15) is 44.9 Å². The first-order chi connectivity index (χ1) is 7.66. The zero-order valence-corrected chi connectivity index (χ0v) is 9.33. The van der Waals surface area contributed by atoms with E-state index in [1.807, 2.05) is 0 Å². The van der Waals surface area contributed by atoms with Gasteiger partial charge in [-0.05, 0) is 31.1 Å². The average Bonchev–Trinajstić information content (AvgIpc) is 2.28. The predicted octanol–water partition coefficient (Wildman–Crippen LogP) is 3.15. The van der Waals surface area contributed by atoms with Crippen LogP contribution in [0.25, 0.3) is 0 Å². The average molecular weight is 232 g/mol. The summed E-state index contributed by atoms with van der Waals surface area (Å²) in [6, 6.07) is 0. The van der Waals surface area contributed by atoms with Crippen molar-refractivity contribution < 1.29 is 18.3 Å². The molecule has 0 aromatic heterocycles. The first kappa shape index (κ1) is 11.8. The predicted molar refractivity (Wildman–Crippen MR) is 55.2 cm³/mol. The van der Waals surface area contributed by atoms with Gasteiger partial charge in [0.15, 0.2) is 0 Å². The topological polar surface area (TPSA) is 26.3 Å². The Labute approximate surface area is 94.3 Å². The molecular formula is C12H18F2O2. The first-order valence-electron chi connectivity index (χ1n) is 6.15. The Bertz CT molecular complexity index is 255. The lowest BCUT2D eigenvalue weighted by Crippen LogP contribution is -2.34. The molecule has 0 saturated heterocycles. The fourth-order valence-electron chi connectivity index (χ4n) is 3.15. The third-order valence-electron chi connectivity index (χ3n) is 3.95. The Morgan fingerprint density at radius 2 is 1.75 bits per heavy atom. The molecule has 2 aliphatic rings. The Kier molecular flexibility index (Phi) is 3.77.